The van der Waals surface area contributed by atoms with Crippen LogP contribution in [-0.4, -0.2) is 23.4 Å². The number of amides is 1. The van der Waals surface area contributed by atoms with E-state index >= 15 is 0 Å². The smallest absolute Gasteiger partial charge is 0.238 e. The molecule has 0 aromatic carbocycles. The van der Waals surface area contributed by atoms with E-state index in [2.05, 4.69) is 40.9 Å². The Morgan fingerprint density at radius 3 is 3.00 bits per heavy atom. The molecule has 0 spiro atoms. The van der Waals surface area contributed by atoms with Crippen LogP contribution in [0, 0.1) is 5.41 Å². The lowest BCUT2D eigenvalue weighted by atomic mass is 9.74. The Morgan fingerprint density at radius 2 is 2.32 bits per heavy atom. The quantitative estimate of drug-likeness (QED) is 0.901. The highest BCUT2D eigenvalue weighted by Crippen LogP contribution is 2.40. The number of nitrogens with one attached hydrogen (secondary N) is 1. The molecule has 104 valence electrons. The molecule has 1 aromatic rings. The van der Waals surface area contributed by atoms with E-state index in [0.29, 0.717) is 18.0 Å². The van der Waals surface area contributed by atoms with Crippen molar-refractivity contribution >= 4 is 17.2 Å². The summed E-state index contributed by atoms with van der Waals surface area (Å²) in [4.78, 5) is 14.4. The predicted molar refractivity (Wildman–Crippen MR) is 77.9 cm³/mol. The van der Waals surface area contributed by atoms with Gasteiger partial charge in [-0.1, -0.05) is 20.3 Å². The minimum absolute atomic E-state index is 0.0950. The van der Waals surface area contributed by atoms with Crippen LogP contribution in [0.15, 0.2) is 16.8 Å². The minimum Gasteiger partial charge on any atom is -0.319 e. The first-order valence-electron chi connectivity index (χ1n) is 7.13. The Hall–Kier alpha value is -0.870. The number of carbonyl (C=O) groups excluding carboxylic acids is 1. The maximum Gasteiger partial charge on any atom is 0.238 e. The van der Waals surface area contributed by atoms with Crippen LogP contribution < -0.4 is 5.32 Å². The molecule has 1 amide bonds. The van der Waals surface area contributed by atoms with Crippen molar-refractivity contribution in [3.8, 4) is 0 Å². The fourth-order valence-electron chi connectivity index (χ4n) is 3.54. The van der Waals surface area contributed by atoms with E-state index in [9.17, 15) is 4.79 Å². The molecule has 1 N–H and O–H groups in total. The van der Waals surface area contributed by atoms with Crippen molar-refractivity contribution in [1.82, 2.24) is 10.2 Å². The number of nitrogens with zero attached hydrogens (tertiary/aromatic N) is 1. The van der Waals surface area contributed by atoms with Crippen molar-refractivity contribution < 1.29 is 4.79 Å². The number of rotatable bonds is 2. The third-order valence-electron chi connectivity index (χ3n) is 4.44. The summed E-state index contributed by atoms with van der Waals surface area (Å²) in [7, 11) is 0. The van der Waals surface area contributed by atoms with E-state index in [1.54, 1.807) is 11.3 Å². The molecule has 3 nitrogen and oxygen atoms in total. The van der Waals surface area contributed by atoms with Crippen LogP contribution in [-0.2, 0) is 4.79 Å². The van der Waals surface area contributed by atoms with E-state index in [1.165, 1.54) is 18.4 Å². The topological polar surface area (TPSA) is 32.3 Å². The molecule has 1 aliphatic carbocycles. The molecule has 1 saturated heterocycles. The van der Waals surface area contributed by atoms with Gasteiger partial charge in [0.2, 0.25) is 5.91 Å². The molecule has 0 radical (unpaired) electrons. The summed E-state index contributed by atoms with van der Waals surface area (Å²) >= 11 is 1.70. The Labute approximate surface area is 119 Å². The summed E-state index contributed by atoms with van der Waals surface area (Å²) in [6, 6.07) is 2.53. The summed E-state index contributed by atoms with van der Waals surface area (Å²) in [5.41, 5.74) is 1.60. The second-order valence-electron chi connectivity index (χ2n) is 6.56. The van der Waals surface area contributed by atoms with Gasteiger partial charge in [-0.25, -0.2) is 0 Å². The maximum absolute atomic E-state index is 12.3. The van der Waals surface area contributed by atoms with Crippen LogP contribution in [0.1, 0.15) is 51.3 Å². The van der Waals surface area contributed by atoms with E-state index in [4.69, 9.17) is 0 Å². The molecule has 3 rings (SSSR count). The molecule has 2 aliphatic rings. The van der Waals surface area contributed by atoms with Gasteiger partial charge >= 0.3 is 0 Å². The van der Waals surface area contributed by atoms with Gasteiger partial charge in [-0.3, -0.25) is 10.1 Å². The van der Waals surface area contributed by atoms with E-state index in [-0.39, 0.29) is 12.1 Å². The second-order valence-corrected chi connectivity index (χ2v) is 7.34. The van der Waals surface area contributed by atoms with Gasteiger partial charge in [-0.2, -0.15) is 11.3 Å². The number of carbonyl (C=O) groups is 1. The van der Waals surface area contributed by atoms with Crippen LogP contribution in [0.25, 0.3) is 0 Å². The highest BCUT2D eigenvalue weighted by atomic mass is 32.1. The maximum atomic E-state index is 12.3. The van der Waals surface area contributed by atoms with Crippen LogP contribution in [0.3, 0.4) is 0 Å². The molecule has 1 saturated carbocycles. The number of hydrogen-bond acceptors (Lipinski definition) is 3. The molecule has 2 fully saturated rings. The molecule has 1 aromatic heterocycles. The normalized spacial score (nSPS) is 30.8. The Morgan fingerprint density at radius 1 is 1.47 bits per heavy atom. The molecule has 2 atom stereocenters. The summed E-state index contributed by atoms with van der Waals surface area (Å²) in [6.07, 6.45) is 4.89. The molecule has 0 bridgehead atoms. The van der Waals surface area contributed by atoms with Gasteiger partial charge < -0.3 is 4.90 Å². The fourth-order valence-corrected chi connectivity index (χ4v) is 4.22. The monoisotopic (exact) mass is 278 g/mol. The van der Waals surface area contributed by atoms with Gasteiger partial charge in [-0.15, -0.1) is 0 Å². The van der Waals surface area contributed by atoms with Crippen molar-refractivity contribution in [3.63, 3.8) is 0 Å². The minimum atomic E-state index is 0.0950. The first-order valence-corrected chi connectivity index (χ1v) is 8.08. The van der Waals surface area contributed by atoms with Crippen molar-refractivity contribution in [2.24, 2.45) is 5.41 Å². The number of thiophene rings is 1. The zero-order valence-corrected chi connectivity index (χ0v) is 12.5. The Kier molecular flexibility index (Phi) is 3.39. The summed E-state index contributed by atoms with van der Waals surface area (Å²) in [6.45, 7) is 5.14. The summed E-state index contributed by atoms with van der Waals surface area (Å²) in [5.74, 6) is 0.263. The molecule has 19 heavy (non-hydrogen) atoms. The lowest BCUT2D eigenvalue weighted by molar-refractivity contribution is -0.131. The van der Waals surface area contributed by atoms with Gasteiger partial charge in [-0.05, 0) is 47.1 Å². The highest BCUT2D eigenvalue weighted by Gasteiger charge is 2.40. The van der Waals surface area contributed by atoms with Gasteiger partial charge in [0.1, 0.15) is 6.17 Å². The molecule has 1 aliphatic heterocycles. The van der Waals surface area contributed by atoms with Gasteiger partial charge in [0.15, 0.2) is 0 Å². The van der Waals surface area contributed by atoms with E-state index in [1.807, 2.05) is 0 Å². The van der Waals surface area contributed by atoms with Crippen LogP contribution >= 0.6 is 11.3 Å². The Bertz CT molecular complexity index is 455. The van der Waals surface area contributed by atoms with E-state index < -0.39 is 0 Å². The van der Waals surface area contributed by atoms with Crippen molar-refractivity contribution in [2.75, 3.05) is 6.54 Å². The average molecular weight is 278 g/mol. The van der Waals surface area contributed by atoms with Crippen molar-refractivity contribution in [1.29, 1.82) is 0 Å². The SMILES string of the molecule is CC1(C)CCCC(N2C(=O)CNC2c2ccsc2)C1. The second kappa shape index (κ2) is 4.91. The molecule has 2 heterocycles. The third-order valence-corrected chi connectivity index (χ3v) is 5.15. The average Bonchev–Trinajstić information content (AvgIpc) is 2.96. The lowest BCUT2D eigenvalue weighted by Crippen LogP contribution is -2.44. The molecular weight excluding hydrogens is 256 g/mol. The standard InChI is InChI=1S/C15H22N2OS/c1-15(2)6-3-4-12(8-15)17-13(18)9-16-14(17)11-5-7-19-10-11/h5,7,10,12,14,16H,3-4,6,8-9H2,1-2H3. The zero-order valence-electron chi connectivity index (χ0n) is 11.7. The summed E-state index contributed by atoms with van der Waals surface area (Å²) < 4.78 is 0. The number of hydrogen-bond donors (Lipinski definition) is 1. The Balaban J connectivity index is 1.82. The molecule has 4 heteroatoms. The van der Waals surface area contributed by atoms with Crippen LogP contribution in [0.2, 0.25) is 0 Å². The van der Waals surface area contributed by atoms with Crippen LogP contribution in [0.5, 0.6) is 0 Å². The van der Waals surface area contributed by atoms with Crippen molar-refractivity contribution in [3.05, 3.63) is 22.4 Å². The fraction of sp³-hybridized carbons (Fsp3) is 0.667. The molecule has 2 unspecified atom stereocenters. The first kappa shape index (κ1) is 13.1. The predicted octanol–water partition coefficient (Wildman–Crippen LogP) is 3.15. The lowest BCUT2D eigenvalue weighted by Gasteiger charge is -2.41. The van der Waals surface area contributed by atoms with Crippen molar-refractivity contribution in [2.45, 2.75) is 51.7 Å². The first-order chi connectivity index (χ1) is 9.07. The molecular formula is C15H22N2OS. The van der Waals surface area contributed by atoms with Gasteiger partial charge in [0.05, 0.1) is 6.54 Å². The van der Waals surface area contributed by atoms with Gasteiger partial charge in [0, 0.05) is 6.04 Å². The third kappa shape index (κ3) is 2.56. The largest absolute Gasteiger partial charge is 0.319 e. The summed E-state index contributed by atoms with van der Waals surface area (Å²) in [5, 5.41) is 7.60. The van der Waals surface area contributed by atoms with Crippen LogP contribution in [0.4, 0.5) is 0 Å². The highest BCUT2D eigenvalue weighted by molar-refractivity contribution is 7.07. The van der Waals surface area contributed by atoms with E-state index in [0.717, 1.165) is 12.8 Å². The van der Waals surface area contributed by atoms with Gasteiger partial charge in [0.25, 0.3) is 0 Å². The zero-order chi connectivity index (χ0) is 13.5.